The summed E-state index contributed by atoms with van der Waals surface area (Å²) in [5.41, 5.74) is 5.75. The van der Waals surface area contributed by atoms with Gasteiger partial charge < -0.3 is 10.5 Å². The lowest BCUT2D eigenvalue weighted by molar-refractivity contribution is -0.386. The van der Waals surface area contributed by atoms with E-state index in [4.69, 9.17) is 15.9 Å². The predicted octanol–water partition coefficient (Wildman–Crippen LogP) is 2.00. The van der Waals surface area contributed by atoms with E-state index in [-0.39, 0.29) is 29.8 Å². The van der Waals surface area contributed by atoms with Crippen molar-refractivity contribution in [2.45, 2.75) is 26.4 Å². The van der Waals surface area contributed by atoms with Gasteiger partial charge in [0.25, 0.3) is 0 Å². The molecule has 6 heteroatoms. The van der Waals surface area contributed by atoms with Crippen molar-refractivity contribution in [3.8, 4) is 5.75 Å². The molecule has 1 atom stereocenters. The molecule has 0 radical (unpaired) electrons. The van der Waals surface area contributed by atoms with E-state index in [9.17, 15) is 10.1 Å². The molecule has 0 saturated carbocycles. The number of rotatable bonds is 5. The number of benzene rings is 1. The monoisotopic (exact) mass is 237 g/mol. The van der Waals surface area contributed by atoms with Crippen molar-refractivity contribution < 1.29 is 9.66 Å². The van der Waals surface area contributed by atoms with Crippen molar-refractivity contribution in [1.29, 1.82) is 5.41 Å². The lowest BCUT2D eigenvalue weighted by Gasteiger charge is -2.14. The number of nitrogens with zero attached hydrogens (tertiary/aromatic N) is 1. The summed E-state index contributed by atoms with van der Waals surface area (Å²) in [4.78, 5) is 10.4. The van der Waals surface area contributed by atoms with Gasteiger partial charge in [0, 0.05) is 12.0 Å². The summed E-state index contributed by atoms with van der Waals surface area (Å²) in [6.45, 7) is 3.37. The first kappa shape index (κ1) is 13.0. The van der Waals surface area contributed by atoms with Gasteiger partial charge in [-0.1, -0.05) is 12.1 Å². The summed E-state index contributed by atoms with van der Waals surface area (Å²) in [6, 6.07) is 4.89. The van der Waals surface area contributed by atoms with Gasteiger partial charge in [-0.05, 0) is 19.9 Å². The van der Waals surface area contributed by atoms with Crippen molar-refractivity contribution in [2.75, 3.05) is 0 Å². The SMILES string of the molecule is Cc1cccc(OC(C)CC(=N)N)c1[N+](=O)[O-]. The van der Waals surface area contributed by atoms with E-state index in [1.165, 1.54) is 0 Å². The summed E-state index contributed by atoms with van der Waals surface area (Å²) < 4.78 is 5.44. The second-order valence-corrected chi connectivity index (χ2v) is 3.84. The fraction of sp³-hybridized carbons (Fsp3) is 0.364. The number of amidine groups is 1. The number of nitro groups is 1. The van der Waals surface area contributed by atoms with Gasteiger partial charge in [0.1, 0.15) is 6.10 Å². The number of hydrogen-bond acceptors (Lipinski definition) is 4. The van der Waals surface area contributed by atoms with Crippen molar-refractivity contribution in [3.05, 3.63) is 33.9 Å². The number of nitrogens with two attached hydrogens (primary N) is 1. The van der Waals surface area contributed by atoms with Crippen molar-refractivity contribution in [2.24, 2.45) is 5.73 Å². The van der Waals surface area contributed by atoms with Gasteiger partial charge in [0.15, 0.2) is 5.75 Å². The highest BCUT2D eigenvalue weighted by atomic mass is 16.6. The number of aryl methyl sites for hydroxylation is 1. The number of hydrogen-bond donors (Lipinski definition) is 2. The highest BCUT2D eigenvalue weighted by molar-refractivity contribution is 5.77. The summed E-state index contributed by atoms with van der Waals surface area (Å²) in [5.74, 6) is 0.205. The Kier molecular flexibility index (Phi) is 4.03. The van der Waals surface area contributed by atoms with Gasteiger partial charge in [0.2, 0.25) is 0 Å². The molecule has 1 aromatic rings. The Labute approximate surface area is 99.0 Å². The first-order valence-corrected chi connectivity index (χ1v) is 5.15. The molecule has 6 nitrogen and oxygen atoms in total. The zero-order chi connectivity index (χ0) is 13.0. The van der Waals surface area contributed by atoms with Crippen LogP contribution in [0.2, 0.25) is 0 Å². The predicted molar refractivity (Wildman–Crippen MR) is 64.5 cm³/mol. The molecule has 0 heterocycles. The topological polar surface area (TPSA) is 102 Å². The van der Waals surface area contributed by atoms with Crippen LogP contribution < -0.4 is 10.5 Å². The highest BCUT2D eigenvalue weighted by Gasteiger charge is 2.19. The molecule has 1 rings (SSSR count). The van der Waals surface area contributed by atoms with Crippen LogP contribution in [0.4, 0.5) is 5.69 Å². The molecule has 0 spiro atoms. The third kappa shape index (κ3) is 3.44. The standard InChI is InChI=1S/C11H15N3O3/c1-7-4-3-5-9(11(7)14(15)16)17-8(2)6-10(12)13/h3-5,8H,6H2,1-2H3,(H3,12,13). The lowest BCUT2D eigenvalue weighted by Crippen LogP contribution is -2.22. The number of nitrogens with one attached hydrogen (secondary N) is 1. The Balaban J connectivity index is 2.94. The summed E-state index contributed by atoms with van der Waals surface area (Å²) in [7, 11) is 0. The number of para-hydroxylation sites is 1. The Bertz CT molecular complexity index is 446. The molecule has 0 aliphatic rings. The van der Waals surface area contributed by atoms with E-state index in [1.54, 1.807) is 32.0 Å². The third-order valence-electron chi connectivity index (χ3n) is 2.22. The van der Waals surface area contributed by atoms with Crippen molar-refractivity contribution in [3.63, 3.8) is 0 Å². The van der Waals surface area contributed by atoms with Crippen LogP contribution in [-0.2, 0) is 0 Å². The van der Waals surface area contributed by atoms with E-state index in [0.717, 1.165) is 0 Å². The molecular formula is C11H15N3O3. The van der Waals surface area contributed by atoms with Gasteiger partial charge in [-0.2, -0.15) is 0 Å². The Morgan fingerprint density at radius 2 is 2.29 bits per heavy atom. The molecule has 0 amide bonds. The molecule has 0 bridgehead atoms. The summed E-state index contributed by atoms with van der Waals surface area (Å²) in [5, 5.41) is 18.0. The molecule has 0 aliphatic carbocycles. The summed E-state index contributed by atoms with van der Waals surface area (Å²) in [6.07, 6.45) is -0.126. The highest BCUT2D eigenvalue weighted by Crippen LogP contribution is 2.31. The van der Waals surface area contributed by atoms with E-state index in [1.807, 2.05) is 0 Å². The van der Waals surface area contributed by atoms with Crippen LogP contribution in [0, 0.1) is 22.4 Å². The number of ether oxygens (including phenoxy) is 1. The second kappa shape index (κ2) is 5.29. The lowest BCUT2D eigenvalue weighted by atomic mass is 10.2. The van der Waals surface area contributed by atoms with Crippen LogP contribution in [0.3, 0.4) is 0 Å². The second-order valence-electron chi connectivity index (χ2n) is 3.84. The smallest absolute Gasteiger partial charge is 0.313 e. The maximum atomic E-state index is 10.9. The number of nitro benzene ring substituents is 1. The zero-order valence-electron chi connectivity index (χ0n) is 9.77. The van der Waals surface area contributed by atoms with Gasteiger partial charge in [-0.15, -0.1) is 0 Å². The molecule has 1 unspecified atom stereocenters. The van der Waals surface area contributed by atoms with Crippen molar-refractivity contribution in [1.82, 2.24) is 0 Å². The first-order chi connectivity index (χ1) is 7.91. The Morgan fingerprint density at radius 3 is 2.82 bits per heavy atom. The van der Waals surface area contributed by atoms with E-state index in [2.05, 4.69) is 0 Å². The zero-order valence-corrected chi connectivity index (χ0v) is 9.77. The molecule has 0 saturated heterocycles. The Hall–Kier alpha value is -2.11. The molecule has 17 heavy (non-hydrogen) atoms. The van der Waals surface area contributed by atoms with Crippen LogP contribution in [0.1, 0.15) is 18.9 Å². The fourth-order valence-corrected chi connectivity index (χ4v) is 1.53. The molecular weight excluding hydrogens is 222 g/mol. The molecule has 0 fully saturated rings. The van der Waals surface area contributed by atoms with Gasteiger partial charge in [-0.3, -0.25) is 15.5 Å². The minimum Gasteiger partial charge on any atom is -0.483 e. The van der Waals surface area contributed by atoms with E-state index < -0.39 is 4.92 Å². The minimum absolute atomic E-state index is 0.00666. The Morgan fingerprint density at radius 1 is 1.65 bits per heavy atom. The first-order valence-electron chi connectivity index (χ1n) is 5.15. The maximum Gasteiger partial charge on any atom is 0.313 e. The minimum atomic E-state index is -0.467. The quantitative estimate of drug-likeness (QED) is 0.354. The molecule has 0 aromatic heterocycles. The normalized spacial score (nSPS) is 11.9. The third-order valence-corrected chi connectivity index (χ3v) is 2.22. The molecule has 1 aromatic carbocycles. The molecule has 92 valence electrons. The molecule has 3 N–H and O–H groups in total. The van der Waals surface area contributed by atoms with Crippen molar-refractivity contribution >= 4 is 11.5 Å². The largest absolute Gasteiger partial charge is 0.483 e. The fourth-order valence-electron chi connectivity index (χ4n) is 1.53. The summed E-state index contributed by atoms with van der Waals surface area (Å²) >= 11 is 0. The van der Waals surface area contributed by atoms with Crippen LogP contribution in [-0.4, -0.2) is 16.9 Å². The average Bonchev–Trinajstić information content (AvgIpc) is 2.15. The van der Waals surface area contributed by atoms with Gasteiger partial charge in [-0.25, -0.2) is 0 Å². The van der Waals surface area contributed by atoms with E-state index >= 15 is 0 Å². The van der Waals surface area contributed by atoms with Crippen LogP contribution in [0.5, 0.6) is 5.75 Å². The van der Waals surface area contributed by atoms with Gasteiger partial charge >= 0.3 is 5.69 Å². The van der Waals surface area contributed by atoms with Crippen LogP contribution in [0.25, 0.3) is 0 Å². The van der Waals surface area contributed by atoms with Gasteiger partial charge in [0.05, 0.1) is 10.8 Å². The van der Waals surface area contributed by atoms with Crippen LogP contribution in [0.15, 0.2) is 18.2 Å². The molecule has 0 aliphatic heterocycles. The maximum absolute atomic E-state index is 10.9. The van der Waals surface area contributed by atoms with E-state index in [0.29, 0.717) is 5.56 Å². The van der Waals surface area contributed by atoms with Crippen LogP contribution >= 0.6 is 0 Å². The average molecular weight is 237 g/mol.